The van der Waals surface area contributed by atoms with E-state index in [-0.39, 0.29) is 11.7 Å². The SMILES string of the molecule is COc1cc(C2=CC(C)C(=O)c3cnccc32)cc(OC)c1C=O. The number of hydrogen-bond donors (Lipinski definition) is 0. The standard InChI is InChI=1S/C19H17NO4/c1-11-6-14(13-4-5-20-9-15(13)19(11)22)12-7-17(23-2)16(10-21)18(8-12)24-3/h4-11H,1-3H3. The molecule has 0 saturated heterocycles. The fourth-order valence-electron chi connectivity index (χ4n) is 2.95. The van der Waals surface area contributed by atoms with Crippen molar-refractivity contribution in [2.45, 2.75) is 6.92 Å². The van der Waals surface area contributed by atoms with Gasteiger partial charge in [-0.3, -0.25) is 14.6 Å². The number of fused-ring (bicyclic) bond motifs is 1. The Balaban J connectivity index is 2.24. The average molecular weight is 323 g/mol. The van der Waals surface area contributed by atoms with Crippen LogP contribution in [0.5, 0.6) is 11.5 Å². The van der Waals surface area contributed by atoms with Gasteiger partial charge in [0, 0.05) is 23.9 Å². The van der Waals surface area contributed by atoms with Crippen LogP contribution < -0.4 is 9.47 Å². The topological polar surface area (TPSA) is 65.5 Å². The molecule has 122 valence electrons. The second-order valence-corrected chi connectivity index (χ2v) is 5.57. The lowest BCUT2D eigenvalue weighted by atomic mass is 9.82. The number of pyridine rings is 1. The number of ether oxygens (including phenoxy) is 2. The minimum atomic E-state index is -0.251. The van der Waals surface area contributed by atoms with E-state index in [9.17, 15) is 9.59 Å². The largest absolute Gasteiger partial charge is 0.496 e. The summed E-state index contributed by atoms with van der Waals surface area (Å²) in [6.45, 7) is 1.85. The molecular weight excluding hydrogens is 306 g/mol. The van der Waals surface area contributed by atoms with Crippen LogP contribution in [0.4, 0.5) is 0 Å². The van der Waals surface area contributed by atoms with Crippen LogP contribution in [0.15, 0.2) is 36.7 Å². The number of methoxy groups -OCH3 is 2. The van der Waals surface area contributed by atoms with Crippen molar-refractivity contribution in [3.8, 4) is 11.5 Å². The van der Waals surface area contributed by atoms with Gasteiger partial charge >= 0.3 is 0 Å². The highest BCUT2D eigenvalue weighted by atomic mass is 16.5. The van der Waals surface area contributed by atoms with Crippen LogP contribution in [0.2, 0.25) is 0 Å². The molecule has 0 amide bonds. The third-order valence-electron chi connectivity index (χ3n) is 4.18. The highest BCUT2D eigenvalue weighted by molar-refractivity contribution is 6.08. The summed E-state index contributed by atoms with van der Waals surface area (Å²) in [5.74, 6) is 0.658. The zero-order valence-electron chi connectivity index (χ0n) is 13.7. The Bertz CT molecular complexity index is 829. The van der Waals surface area contributed by atoms with Crippen LogP contribution in [0, 0.1) is 5.92 Å². The number of Topliss-reactive ketones (excluding diaryl/α,β-unsaturated/α-hetero) is 1. The van der Waals surface area contributed by atoms with Crippen molar-refractivity contribution in [2.75, 3.05) is 14.2 Å². The predicted octanol–water partition coefficient (Wildman–Crippen LogP) is 3.18. The fourth-order valence-corrected chi connectivity index (χ4v) is 2.95. The van der Waals surface area contributed by atoms with Crippen LogP contribution in [0.25, 0.3) is 5.57 Å². The molecule has 1 unspecified atom stereocenters. The molecule has 0 aliphatic heterocycles. The summed E-state index contributed by atoms with van der Waals surface area (Å²) in [4.78, 5) is 27.7. The maximum absolute atomic E-state index is 12.4. The quantitative estimate of drug-likeness (QED) is 0.809. The first-order chi connectivity index (χ1) is 11.6. The fraction of sp³-hybridized carbons (Fsp3) is 0.211. The van der Waals surface area contributed by atoms with Crippen molar-refractivity contribution >= 4 is 17.6 Å². The Morgan fingerprint density at radius 3 is 2.38 bits per heavy atom. The van der Waals surface area contributed by atoms with Crippen molar-refractivity contribution in [3.63, 3.8) is 0 Å². The lowest BCUT2D eigenvalue weighted by molar-refractivity contribution is 0.0950. The van der Waals surface area contributed by atoms with Crippen molar-refractivity contribution in [1.82, 2.24) is 4.98 Å². The summed E-state index contributed by atoms with van der Waals surface area (Å²) < 4.78 is 10.7. The molecule has 5 nitrogen and oxygen atoms in total. The first-order valence-electron chi connectivity index (χ1n) is 7.52. The smallest absolute Gasteiger partial charge is 0.171 e. The van der Waals surface area contributed by atoms with E-state index in [4.69, 9.17) is 9.47 Å². The number of ketones is 1. The molecule has 1 aromatic carbocycles. The lowest BCUT2D eigenvalue weighted by Crippen LogP contribution is -2.17. The highest BCUT2D eigenvalue weighted by Gasteiger charge is 2.26. The van der Waals surface area contributed by atoms with Gasteiger partial charge in [0.15, 0.2) is 12.1 Å². The van der Waals surface area contributed by atoms with E-state index in [1.165, 1.54) is 14.2 Å². The molecule has 5 heteroatoms. The van der Waals surface area contributed by atoms with E-state index in [2.05, 4.69) is 4.98 Å². The molecule has 0 spiro atoms. The molecule has 1 aliphatic carbocycles. The second-order valence-electron chi connectivity index (χ2n) is 5.57. The number of carbonyl (C=O) groups is 2. The van der Waals surface area contributed by atoms with Crippen LogP contribution in [-0.2, 0) is 0 Å². The van der Waals surface area contributed by atoms with Crippen molar-refractivity contribution < 1.29 is 19.1 Å². The number of nitrogens with zero attached hydrogens (tertiary/aromatic N) is 1. The summed E-state index contributed by atoms with van der Waals surface area (Å²) in [5.41, 5.74) is 3.49. The molecule has 1 aromatic heterocycles. The van der Waals surface area contributed by atoms with Gasteiger partial charge in [-0.1, -0.05) is 13.0 Å². The first kappa shape index (κ1) is 15.9. The summed E-state index contributed by atoms with van der Waals surface area (Å²) in [7, 11) is 3.01. The third kappa shape index (κ3) is 2.48. The van der Waals surface area contributed by atoms with E-state index in [0.29, 0.717) is 28.9 Å². The van der Waals surface area contributed by atoms with Crippen LogP contribution in [-0.4, -0.2) is 31.3 Å². The maximum atomic E-state index is 12.4. The zero-order valence-corrected chi connectivity index (χ0v) is 13.7. The summed E-state index contributed by atoms with van der Waals surface area (Å²) in [6.07, 6.45) is 5.87. The Kier molecular flexibility index (Phi) is 4.16. The number of carbonyl (C=O) groups excluding carboxylic acids is 2. The predicted molar refractivity (Wildman–Crippen MR) is 89.7 cm³/mol. The minimum Gasteiger partial charge on any atom is -0.496 e. The molecule has 24 heavy (non-hydrogen) atoms. The zero-order chi connectivity index (χ0) is 17.3. The van der Waals surface area contributed by atoms with Crippen LogP contribution in [0.3, 0.4) is 0 Å². The number of hydrogen-bond acceptors (Lipinski definition) is 5. The minimum absolute atomic E-state index is 0.0466. The molecular formula is C19H17NO4. The Morgan fingerprint density at radius 1 is 1.12 bits per heavy atom. The molecule has 2 aromatic rings. The van der Waals surface area contributed by atoms with E-state index < -0.39 is 0 Å². The molecule has 1 heterocycles. The van der Waals surface area contributed by atoms with Gasteiger partial charge in [0.25, 0.3) is 0 Å². The van der Waals surface area contributed by atoms with Crippen molar-refractivity contribution in [2.24, 2.45) is 5.92 Å². The van der Waals surface area contributed by atoms with E-state index in [1.54, 1.807) is 24.5 Å². The van der Waals surface area contributed by atoms with Gasteiger partial charge in [-0.15, -0.1) is 0 Å². The van der Waals surface area contributed by atoms with Gasteiger partial charge < -0.3 is 9.47 Å². The highest BCUT2D eigenvalue weighted by Crippen LogP contribution is 2.38. The molecule has 0 fully saturated rings. The number of allylic oxidation sites excluding steroid dienone is 1. The molecule has 1 aliphatic rings. The monoisotopic (exact) mass is 323 g/mol. The molecule has 1 atom stereocenters. The van der Waals surface area contributed by atoms with E-state index in [1.807, 2.05) is 19.1 Å². The Hall–Kier alpha value is -2.95. The normalized spacial score (nSPS) is 16.2. The van der Waals surface area contributed by atoms with Crippen molar-refractivity contribution in [1.29, 1.82) is 0 Å². The number of benzene rings is 1. The molecule has 0 saturated carbocycles. The van der Waals surface area contributed by atoms with E-state index in [0.717, 1.165) is 16.7 Å². The van der Waals surface area contributed by atoms with Crippen molar-refractivity contribution in [3.05, 3.63) is 58.9 Å². The first-order valence-corrected chi connectivity index (χ1v) is 7.52. The Labute approximate surface area is 139 Å². The number of aromatic nitrogens is 1. The second kappa shape index (κ2) is 6.28. The average Bonchev–Trinajstić information content (AvgIpc) is 2.63. The summed E-state index contributed by atoms with van der Waals surface area (Å²) in [6, 6.07) is 5.38. The van der Waals surface area contributed by atoms with Gasteiger partial charge in [-0.25, -0.2) is 0 Å². The van der Waals surface area contributed by atoms with E-state index >= 15 is 0 Å². The number of rotatable bonds is 4. The maximum Gasteiger partial charge on any atom is 0.171 e. The van der Waals surface area contributed by atoms with Gasteiger partial charge in [0.05, 0.1) is 19.8 Å². The van der Waals surface area contributed by atoms with Gasteiger partial charge in [-0.2, -0.15) is 0 Å². The molecule has 0 bridgehead atoms. The van der Waals surface area contributed by atoms with Gasteiger partial charge in [0.1, 0.15) is 11.5 Å². The molecule has 0 N–H and O–H groups in total. The summed E-state index contributed by atoms with van der Waals surface area (Å²) in [5, 5.41) is 0. The molecule has 3 rings (SSSR count). The Morgan fingerprint density at radius 2 is 1.79 bits per heavy atom. The van der Waals surface area contributed by atoms with Gasteiger partial charge in [-0.05, 0) is 34.9 Å². The third-order valence-corrected chi connectivity index (χ3v) is 4.18. The van der Waals surface area contributed by atoms with Gasteiger partial charge in [0.2, 0.25) is 0 Å². The van der Waals surface area contributed by atoms with Crippen LogP contribution >= 0.6 is 0 Å². The number of aldehydes is 1. The van der Waals surface area contributed by atoms with Crippen LogP contribution in [0.1, 0.15) is 38.8 Å². The summed E-state index contributed by atoms with van der Waals surface area (Å²) >= 11 is 0. The molecule has 0 radical (unpaired) electrons. The lowest BCUT2D eigenvalue weighted by Gasteiger charge is -2.22.